The summed E-state index contributed by atoms with van der Waals surface area (Å²) in [5, 5.41) is 6.99. The average Bonchev–Trinajstić information content (AvgIpc) is 2.55. The third-order valence-electron chi connectivity index (χ3n) is 3.37. The number of hydrogen-bond acceptors (Lipinski definition) is 3. The van der Waals surface area contributed by atoms with Crippen molar-refractivity contribution in [3.8, 4) is 11.5 Å². The third kappa shape index (κ3) is 4.84. The van der Waals surface area contributed by atoms with Gasteiger partial charge in [-0.05, 0) is 77.0 Å². The van der Waals surface area contributed by atoms with Gasteiger partial charge >= 0.3 is 0 Å². The first kappa shape index (κ1) is 17.6. The quantitative estimate of drug-likeness (QED) is 0.729. The number of anilines is 1. The van der Waals surface area contributed by atoms with E-state index in [0.29, 0.717) is 5.11 Å². The molecule has 0 aliphatic heterocycles. The maximum absolute atomic E-state index is 5.37. The molecule has 0 heterocycles. The summed E-state index contributed by atoms with van der Waals surface area (Å²) in [6, 6.07) is 13.6. The molecule has 2 aromatic carbocycles. The van der Waals surface area contributed by atoms with E-state index in [-0.39, 0.29) is 6.04 Å². The van der Waals surface area contributed by atoms with Gasteiger partial charge in [0.05, 0.1) is 24.7 Å². The van der Waals surface area contributed by atoms with Gasteiger partial charge in [-0.15, -0.1) is 0 Å². The Morgan fingerprint density at radius 2 is 1.78 bits per heavy atom. The highest BCUT2D eigenvalue weighted by Gasteiger charge is 2.10. The first-order valence-corrected chi connectivity index (χ1v) is 8.28. The highest BCUT2D eigenvalue weighted by molar-refractivity contribution is 9.10. The Bertz CT molecular complexity index is 677. The van der Waals surface area contributed by atoms with Crippen LogP contribution in [-0.4, -0.2) is 19.3 Å². The number of benzene rings is 2. The molecular weight excluding hydrogens is 376 g/mol. The molecule has 0 aliphatic carbocycles. The van der Waals surface area contributed by atoms with Crippen molar-refractivity contribution in [2.75, 3.05) is 19.5 Å². The van der Waals surface area contributed by atoms with Gasteiger partial charge < -0.3 is 20.1 Å². The van der Waals surface area contributed by atoms with Crippen molar-refractivity contribution in [2.45, 2.75) is 13.0 Å². The fraction of sp³-hybridized carbons (Fsp3) is 0.235. The van der Waals surface area contributed by atoms with Crippen LogP contribution in [0, 0.1) is 0 Å². The molecule has 0 spiro atoms. The van der Waals surface area contributed by atoms with Crippen LogP contribution >= 0.6 is 28.1 Å². The molecule has 0 amide bonds. The second kappa shape index (κ2) is 8.17. The monoisotopic (exact) mass is 394 g/mol. The van der Waals surface area contributed by atoms with Crippen LogP contribution in [0.5, 0.6) is 11.5 Å². The van der Waals surface area contributed by atoms with E-state index in [2.05, 4.69) is 33.5 Å². The number of thiocarbonyl (C=S) groups is 1. The van der Waals surface area contributed by atoms with E-state index < -0.39 is 0 Å². The summed E-state index contributed by atoms with van der Waals surface area (Å²) >= 11 is 8.86. The molecule has 0 bridgehead atoms. The minimum atomic E-state index is 0.0652. The molecule has 0 unspecified atom stereocenters. The number of ether oxygens (including phenoxy) is 2. The van der Waals surface area contributed by atoms with Gasteiger partial charge in [-0.2, -0.15) is 0 Å². The third-order valence-corrected chi connectivity index (χ3v) is 4.21. The Balaban J connectivity index is 1.97. The number of hydrogen-bond donors (Lipinski definition) is 2. The molecule has 2 rings (SSSR count). The van der Waals surface area contributed by atoms with E-state index in [4.69, 9.17) is 21.7 Å². The van der Waals surface area contributed by atoms with Gasteiger partial charge in [-0.3, -0.25) is 0 Å². The summed E-state index contributed by atoms with van der Waals surface area (Å²) in [4.78, 5) is 0. The summed E-state index contributed by atoms with van der Waals surface area (Å²) in [7, 11) is 3.29. The molecule has 0 aromatic heterocycles. The van der Waals surface area contributed by atoms with E-state index in [0.717, 1.165) is 27.2 Å². The molecule has 1 atom stereocenters. The Kier molecular flexibility index (Phi) is 6.24. The van der Waals surface area contributed by atoms with E-state index in [9.17, 15) is 0 Å². The summed E-state index contributed by atoms with van der Waals surface area (Å²) in [6.07, 6.45) is 0. The van der Waals surface area contributed by atoms with Gasteiger partial charge in [-0.1, -0.05) is 6.07 Å². The fourth-order valence-corrected chi connectivity index (χ4v) is 2.93. The van der Waals surface area contributed by atoms with E-state index in [1.807, 2.05) is 42.5 Å². The zero-order valence-electron chi connectivity index (χ0n) is 13.2. The Hall–Kier alpha value is -1.79. The number of rotatable bonds is 5. The van der Waals surface area contributed by atoms with Crippen LogP contribution in [0.2, 0.25) is 0 Å². The molecular formula is C17H19BrN2O2S. The second-order valence-electron chi connectivity index (χ2n) is 4.94. The Labute approximate surface area is 150 Å². The van der Waals surface area contributed by atoms with Crippen LogP contribution in [0.1, 0.15) is 18.5 Å². The van der Waals surface area contributed by atoms with Gasteiger partial charge in [0, 0.05) is 5.69 Å². The van der Waals surface area contributed by atoms with Crippen LogP contribution in [-0.2, 0) is 0 Å². The maximum Gasteiger partial charge on any atom is 0.171 e. The molecule has 122 valence electrons. The highest BCUT2D eigenvalue weighted by Crippen LogP contribution is 2.28. The molecule has 0 radical (unpaired) electrons. The van der Waals surface area contributed by atoms with Crippen molar-refractivity contribution >= 4 is 38.9 Å². The number of methoxy groups -OCH3 is 2. The summed E-state index contributed by atoms with van der Waals surface area (Å²) in [6.45, 7) is 2.05. The molecule has 0 saturated heterocycles. The van der Waals surface area contributed by atoms with E-state index in [1.165, 1.54) is 0 Å². The van der Waals surface area contributed by atoms with Crippen molar-refractivity contribution in [1.29, 1.82) is 0 Å². The molecule has 2 aromatic rings. The van der Waals surface area contributed by atoms with Gasteiger partial charge in [0.25, 0.3) is 0 Å². The van der Waals surface area contributed by atoms with Crippen LogP contribution < -0.4 is 20.1 Å². The SMILES string of the molecule is COc1ccc(NC(=S)N[C@@H](C)c2ccc(OC)c(Br)c2)cc1. The zero-order valence-corrected chi connectivity index (χ0v) is 15.6. The standard InChI is InChI=1S/C17H19BrN2O2S/c1-11(12-4-9-16(22-3)15(18)10-12)19-17(23)20-13-5-7-14(21-2)8-6-13/h4-11H,1-3H3,(H2,19,20,23)/t11-/m0/s1. The summed E-state index contributed by atoms with van der Waals surface area (Å²) in [5.74, 6) is 1.62. The van der Waals surface area contributed by atoms with Crippen molar-refractivity contribution in [2.24, 2.45) is 0 Å². The van der Waals surface area contributed by atoms with Gasteiger partial charge in [0.15, 0.2) is 5.11 Å². The molecule has 2 N–H and O–H groups in total. The minimum absolute atomic E-state index is 0.0652. The van der Waals surface area contributed by atoms with Crippen molar-refractivity contribution in [1.82, 2.24) is 5.32 Å². The van der Waals surface area contributed by atoms with Crippen molar-refractivity contribution in [3.05, 3.63) is 52.5 Å². The normalized spacial score (nSPS) is 11.5. The molecule has 0 fully saturated rings. The van der Waals surface area contributed by atoms with Gasteiger partial charge in [0.2, 0.25) is 0 Å². The van der Waals surface area contributed by atoms with Crippen molar-refractivity contribution in [3.63, 3.8) is 0 Å². The smallest absolute Gasteiger partial charge is 0.171 e. The van der Waals surface area contributed by atoms with Gasteiger partial charge in [0.1, 0.15) is 11.5 Å². The Morgan fingerprint density at radius 1 is 1.09 bits per heavy atom. The zero-order chi connectivity index (χ0) is 16.8. The molecule has 0 saturated carbocycles. The largest absolute Gasteiger partial charge is 0.497 e. The lowest BCUT2D eigenvalue weighted by atomic mass is 10.1. The molecule has 6 heteroatoms. The second-order valence-corrected chi connectivity index (χ2v) is 6.21. The first-order chi connectivity index (χ1) is 11.0. The lowest BCUT2D eigenvalue weighted by molar-refractivity contribution is 0.412. The minimum Gasteiger partial charge on any atom is -0.497 e. The van der Waals surface area contributed by atoms with E-state index in [1.54, 1.807) is 14.2 Å². The van der Waals surface area contributed by atoms with Crippen LogP contribution in [0.4, 0.5) is 5.69 Å². The fourth-order valence-electron chi connectivity index (χ4n) is 2.07. The highest BCUT2D eigenvalue weighted by atomic mass is 79.9. The molecule has 23 heavy (non-hydrogen) atoms. The summed E-state index contributed by atoms with van der Waals surface area (Å²) in [5.41, 5.74) is 2.02. The molecule has 0 aliphatic rings. The van der Waals surface area contributed by atoms with Crippen LogP contribution in [0.15, 0.2) is 46.9 Å². The van der Waals surface area contributed by atoms with Crippen molar-refractivity contribution < 1.29 is 9.47 Å². The number of halogens is 1. The van der Waals surface area contributed by atoms with Crippen LogP contribution in [0.3, 0.4) is 0 Å². The average molecular weight is 395 g/mol. The Morgan fingerprint density at radius 3 is 2.35 bits per heavy atom. The van der Waals surface area contributed by atoms with E-state index >= 15 is 0 Å². The predicted molar refractivity (Wildman–Crippen MR) is 101 cm³/mol. The maximum atomic E-state index is 5.37. The topological polar surface area (TPSA) is 42.5 Å². The predicted octanol–water partition coefficient (Wildman–Crippen LogP) is 4.51. The molecule has 4 nitrogen and oxygen atoms in total. The summed E-state index contributed by atoms with van der Waals surface area (Å²) < 4.78 is 11.3. The first-order valence-electron chi connectivity index (χ1n) is 7.08. The number of nitrogens with one attached hydrogen (secondary N) is 2. The van der Waals surface area contributed by atoms with Crippen LogP contribution in [0.25, 0.3) is 0 Å². The lowest BCUT2D eigenvalue weighted by Crippen LogP contribution is -2.30. The van der Waals surface area contributed by atoms with Gasteiger partial charge in [-0.25, -0.2) is 0 Å². The lowest BCUT2D eigenvalue weighted by Gasteiger charge is -2.18.